The number of methoxy groups -OCH3 is 2. The number of fused-ring (bicyclic) bond motifs is 1. The second kappa shape index (κ2) is 7.85. The lowest BCUT2D eigenvalue weighted by molar-refractivity contribution is 0.0728. The van der Waals surface area contributed by atoms with Crippen LogP contribution in [0.25, 0.3) is 11.3 Å². The number of ether oxygens (including phenoxy) is 2. The zero-order chi connectivity index (χ0) is 21.4. The molecule has 0 unspecified atom stereocenters. The number of carbonyl (C=O) groups is 1. The van der Waals surface area contributed by atoms with Gasteiger partial charge in [0.1, 0.15) is 5.69 Å². The molecule has 2 aromatic heterocycles. The molecule has 0 saturated carbocycles. The first-order valence-electron chi connectivity index (χ1n) is 10.1. The SMILES string of the molecule is CCn1nc(C)c(-c2cc(C(=O)N3CCc4cc(OC)c(OC)cc4C3)[nH]n2)c1C. The summed E-state index contributed by atoms with van der Waals surface area (Å²) in [5.74, 6) is 1.33. The van der Waals surface area contributed by atoms with E-state index < -0.39 is 0 Å². The molecule has 1 amide bonds. The average Bonchev–Trinajstić information content (AvgIpc) is 3.35. The van der Waals surface area contributed by atoms with Gasteiger partial charge in [0.05, 0.1) is 25.6 Å². The summed E-state index contributed by atoms with van der Waals surface area (Å²) in [5.41, 5.74) is 6.42. The molecule has 1 N–H and O–H groups in total. The fourth-order valence-electron chi connectivity index (χ4n) is 4.16. The number of aryl methyl sites for hydroxylation is 2. The number of aromatic nitrogens is 4. The maximum Gasteiger partial charge on any atom is 0.272 e. The van der Waals surface area contributed by atoms with Crippen molar-refractivity contribution in [3.8, 4) is 22.8 Å². The molecule has 3 heterocycles. The quantitative estimate of drug-likeness (QED) is 0.700. The van der Waals surface area contributed by atoms with Crippen LogP contribution in [0.3, 0.4) is 0 Å². The predicted octanol–water partition coefficient (Wildman–Crippen LogP) is 3.13. The first-order valence-corrected chi connectivity index (χ1v) is 10.1. The number of benzene rings is 1. The fraction of sp³-hybridized carbons (Fsp3) is 0.409. The highest BCUT2D eigenvalue weighted by Crippen LogP contribution is 2.33. The van der Waals surface area contributed by atoms with Gasteiger partial charge in [-0.1, -0.05) is 0 Å². The van der Waals surface area contributed by atoms with Gasteiger partial charge < -0.3 is 14.4 Å². The van der Waals surface area contributed by atoms with Crippen LogP contribution in [0.5, 0.6) is 11.5 Å². The van der Waals surface area contributed by atoms with Crippen LogP contribution in [0.1, 0.15) is 39.9 Å². The van der Waals surface area contributed by atoms with Crippen molar-refractivity contribution in [1.82, 2.24) is 24.9 Å². The molecule has 0 spiro atoms. The molecular weight excluding hydrogens is 382 g/mol. The van der Waals surface area contributed by atoms with Crippen molar-refractivity contribution in [2.75, 3.05) is 20.8 Å². The Morgan fingerprint density at radius 1 is 1.13 bits per heavy atom. The van der Waals surface area contributed by atoms with Crippen molar-refractivity contribution in [3.05, 3.63) is 46.4 Å². The molecule has 0 aliphatic carbocycles. The summed E-state index contributed by atoms with van der Waals surface area (Å²) in [7, 11) is 3.25. The highest BCUT2D eigenvalue weighted by molar-refractivity contribution is 5.93. The van der Waals surface area contributed by atoms with Gasteiger partial charge in [-0.3, -0.25) is 14.6 Å². The van der Waals surface area contributed by atoms with E-state index in [4.69, 9.17) is 9.47 Å². The lowest BCUT2D eigenvalue weighted by Crippen LogP contribution is -2.36. The Hall–Kier alpha value is -3.29. The van der Waals surface area contributed by atoms with Crippen LogP contribution in [0.15, 0.2) is 18.2 Å². The molecule has 1 aliphatic heterocycles. The molecule has 1 aromatic carbocycles. The van der Waals surface area contributed by atoms with Gasteiger partial charge in [0.2, 0.25) is 0 Å². The lowest BCUT2D eigenvalue weighted by atomic mass is 9.98. The molecule has 3 aromatic rings. The van der Waals surface area contributed by atoms with E-state index in [1.165, 1.54) is 5.56 Å². The van der Waals surface area contributed by atoms with Crippen molar-refractivity contribution in [3.63, 3.8) is 0 Å². The number of carbonyl (C=O) groups excluding carboxylic acids is 1. The summed E-state index contributed by atoms with van der Waals surface area (Å²) in [6.45, 7) is 8.01. The van der Waals surface area contributed by atoms with Crippen molar-refractivity contribution in [2.24, 2.45) is 0 Å². The highest BCUT2D eigenvalue weighted by atomic mass is 16.5. The fourth-order valence-corrected chi connectivity index (χ4v) is 4.16. The van der Waals surface area contributed by atoms with Crippen LogP contribution < -0.4 is 9.47 Å². The van der Waals surface area contributed by atoms with Crippen LogP contribution in [0, 0.1) is 13.8 Å². The second-order valence-electron chi connectivity index (χ2n) is 7.48. The smallest absolute Gasteiger partial charge is 0.272 e. The molecule has 0 fully saturated rings. The Labute approximate surface area is 175 Å². The number of rotatable bonds is 5. The third kappa shape index (κ3) is 3.32. The number of nitrogens with zero attached hydrogens (tertiary/aromatic N) is 4. The van der Waals surface area contributed by atoms with E-state index in [0.29, 0.717) is 30.3 Å². The third-order valence-corrected chi connectivity index (χ3v) is 5.75. The van der Waals surface area contributed by atoms with Crippen LogP contribution >= 0.6 is 0 Å². The minimum Gasteiger partial charge on any atom is -0.493 e. The first-order chi connectivity index (χ1) is 14.5. The molecular formula is C22H27N5O3. The molecule has 158 valence electrons. The Kier molecular flexibility index (Phi) is 5.24. The number of amides is 1. The maximum absolute atomic E-state index is 13.1. The summed E-state index contributed by atoms with van der Waals surface area (Å²) in [5, 5.41) is 11.9. The Balaban J connectivity index is 1.58. The van der Waals surface area contributed by atoms with Crippen LogP contribution in [-0.2, 0) is 19.5 Å². The summed E-state index contributed by atoms with van der Waals surface area (Å²) in [6, 6.07) is 5.78. The molecule has 0 bridgehead atoms. The maximum atomic E-state index is 13.1. The Morgan fingerprint density at radius 3 is 2.47 bits per heavy atom. The summed E-state index contributed by atoms with van der Waals surface area (Å²) in [6.07, 6.45) is 0.768. The average molecular weight is 409 g/mol. The molecule has 1 aliphatic rings. The van der Waals surface area contributed by atoms with E-state index in [0.717, 1.165) is 41.2 Å². The summed E-state index contributed by atoms with van der Waals surface area (Å²) >= 11 is 0. The molecule has 8 nitrogen and oxygen atoms in total. The van der Waals surface area contributed by atoms with Crippen LogP contribution in [0.2, 0.25) is 0 Å². The van der Waals surface area contributed by atoms with Gasteiger partial charge in [0.25, 0.3) is 5.91 Å². The number of H-pyrrole nitrogens is 1. The monoisotopic (exact) mass is 409 g/mol. The summed E-state index contributed by atoms with van der Waals surface area (Å²) in [4.78, 5) is 15.0. The van der Waals surface area contributed by atoms with Crippen molar-refractivity contribution in [1.29, 1.82) is 0 Å². The lowest BCUT2D eigenvalue weighted by Gasteiger charge is -2.29. The van der Waals surface area contributed by atoms with Gasteiger partial charge in [0.15, 0.2) is 11.5 Å². The van der Waals surface area contributed by atoms with E-state index in [-0.39, 0.29) is 5.91 Å². The normalized spacial score (nSPS) is 13.3. The topological polar surface area (TPSA) is 85.3 Å². The minimum atomic E-state index is -0.0626. The Bertz CT molecular complexity index is 1100. The third-order valence-electron chi connectivity index (χ3n) is 5.75. The van der Waals surface area contributed by atoms with E-state index in [9.17, 15) is 4.79 Å². The predicted molar refractivity (Wildman–Crippen MR) is 113 cm³/mol. The van der Waals surface area contributed by atoms with Gasteiger partial charge in [-0.2, -0.15) is 10.2 Å². The first kappa shape index (κ1) is 20.0. The van der Waals surface area contributed by atoms with E-state index in [1.807, 2.05) is 41.6 Å². The van der Waals surface area contributed by atoms with Gasteiger partial charge >= 0.3 is 0 Å². The standard InChI is InChI=1S/C22H27N5O3/c1-6-27-14(3)21(13(2)25-27)17-11-18(24-23-17)22(28)26-8-7-15-9-19(29-4)20(30-5)10-16(15)12-26/h9-11H,6-8,12H2,1-5H3,(H,23,24). The zero-order valence-corrected chi connectivity index (χ0v) is 18.1. The zero-order valence-electron chi connectivity index (χ0n) is 18.1. The second-order valence-corrected chi connectivity index (χ2v) is 7.48. The number of hydrogen-bond donors (Lipinski definition) is 1. The van der Waals surface area contributed by atoms with Gasteiger partial charge in [-0.15, -0.1) is 0 Å². The van der Waals surface area contributed by atoms with Crippen molar-refractivity contribution < 1.29 is 14.3 Å². The van der Waals surface area contributed by atoms with Gasteiger partial charge in [-0.25, -0.2) is 0 Å². The molecule has 8 heteroatoms. The summed E-state index contributed by atoms with van der Waals surface area (Å²) < 4.78 is 12.8. The highest BCUT2D eigenvalue weighted by Gasteiger charge is 2.26. The van der Waals surface area contributed by atoms with Crippen LogP contribution in [0.4, 0.5) is 0 Å². The molecule has 0 radical (unpaired) electrons. The molecule has 30 heavy (non-hydrogen) atoms. The van der Waals surface area contributed by atoms with Crippen LogP contribution in [-0.4, -0.2) is 51.5 Å². The van der Waals surface area contributed by atoms with E-state index in [1.54, 1.807) is 14.2 Å². The minimum absolute atomic E-state index is 0.0626. The van der Waals surface area contributed by atoms with E-state index in [2.05, 4.69) is 22.2 Å². The number of aromatic amines is 1. The number of nitrogens with one attached hydrogen (secondary N) is 1. The van der Waals surface area contributed by atoms with Gasteiger partial charge in [0, 0.05) is 30.9 Å². The largest absolute Gasteiger partial charge is 0.493 e. The molecule has 0 saturated heterocycles. The van der Waals surface area contributed by atoms with Gasteiger partial charge in [-0.05, 0) is 56.5 Å². The Morgan fingerprint density at radius 2 is 1.83 bits per heavy atom. The van der Waals surface area contributed by atoms with E-state index >= 15 is 0 Å². The molecule has 4 rings (SSSR count). The number of hydrogen-bond acceptors (Lipinski definition) is 5. The molecule has 0 atom stereocenters. The van der Waals surface area contributed by atoms with Crippen molar-refractivity contribution >= 4 is 5.91 Å². The van der Waals surface area contributed by atoms with Crippen molar-refractivity contribution in [2.45, 2.75) is 40.3 Å².